The number of ether oxygens (including phenoxy) is 1. The largest absolute Gasteiger partial charge is 0.462 e. The predicted octanol–water partition coefficient (Wildman–Crippen LogP) is 3.83. The van der Waals surface area contributed by atoms with Gasteiger partial charge < -0.3 is 10.1 Å². The van der Waals surface area contributed by atoms with Crippen LogP contribution in [-0.4, -0.2) is 18.0 Å². The molecule has 1 aliphatic carbocycles. The van der Waals surface area contributed by atoms with E-state index >= 15 is 0 Å². The summed E-state index contributed by atoms with van der Waals surface area (Å²) < 4.78 is 32.0. The van der Waals surface area contributed by atoms with Crippen molar-refractivity contribution < 1.29 is 23.1 Å². The number of amides is 1. The molecule has 0 saturated carbocycles. The third-order valence-corrected chi connectivity index (χ3v) is 4.15. The molecule has 0 fully saturated rings. The van der Waals surface area contributed by atoms with Gasteiger partial charge in [0.15, 0.2) is 0 Å². The van der Waals surface area contributed by atoms with Crippen molar-refractivity contribution in [2.24, 2.45) is 11.8 Å². The number of rotatable bonds is 5. The molecule has 0 heterocycles. The summed E-state index contributed by atoms with van der Waals surface area (Å²) in [7, 11) is 0. The lowest BCUT2D eigenvalue weighted by Crippen LogP contribution is -2.36. The van der Waals surface area contributed by atoms with E-state index in [0.717, 1.165) is 12.1 Å². The number of hydrogen-bond donors (Lipinski definition) is 1. The molecule has 1 amide bonds. The Morgan fingerprint density at radius 1 is 1.25 bits per heavy atom. The SMILES string of the molecule is CC[C@H](C)OC(=O)[C@H]1CC=CC[C@@H]1C(=O)Nc1ccc(F)cc1F. The van der Waals surface area contributed by atoms with Gasteiger partial charge >= 0.3 is 5.97 Å². The average molecular weight is 337 g/mol. The third-order valence-electron chi connectivity index (χ3n) is 4.15. The lowest BCUT2D eigenvalue weighted by atomic mass is 9.82. The van der Waals surface area contributed by atoms with Crippen LogP contribution in [0.5, 0.6) is 0 Å². The van der Waals surface area contributed by atoms with Crippen LogP contribution in [-0.2, 0) is 14.3 Å². The molecular weight excluding hydrogens is 316 g/mol. The quantitative estimate of drug-likeness (QED) is 0.656. The van der Waals surface area contributed by atoms with Crippen molar-refractivity contribution >= 4 is 17.6 Å². The molecule has 0 unspecified atom stereocenters. The van der Waals surface area contributed by atoms with Crippen molar-refractivity contribution in [2.45, 2.75) is 39.2 Å². The number of nitrogens with one attached hydrogen (secondary N) is 1. The van der Waals surface area contributed by atoms with E-state index in [2.05, 4.69) is 5.32 Å². The van der Waals surface area contributed by atoms with Crippen molar-refractivity contribution in [3.63, 3.8) is 0 Å². The highest BCUT2D eigenvalue weighted by Gasteiger charge is 2.36. The summed E-state index contributed by atoms with van der Waals surface area (Å²) in [5.41, 5.74) is -0.106. The smallest absolute Gasteiger partial charge is 0.310 e. The van der Waals surface area contributed by atoms with Gasteiger partial charge in [0, 0.05) is 6.07 Å². The van der Waals surface area contributed by atoms with Crippen LogP contribution in [0.1, 0.15) is 33.1 Å². The topological polar surface area (TPSA) is 55.4 Å². The molecule has 1 aromatic carbocycles. The number of anilines is 1. The molecule has 4 nitrogen and oxygen atoms in total. The van der Waals surface area contributed by atoms with Crippen molar-refractivity contribution in [1.29, 1.82) is 0 Å². The summed E-state index contributed by atoms with van der Waals surface area (Å²) in [5, 5.41) is 2.44. The van der Waals surface area contributed by atoms with E-state index in [4.69, 9.17) is 4.74 Å². The van der Waals surface area contributed by atoms with Crippen LogP contribution in [0, 0.1) is 23.5 Å². The lowest BCUT2D eigenvalue weighted by Gasteiger charge is -2.27. The van der Waals surface area contributed by atoms with Gasteiger partial charge in [-0.1, -0.05) is 19.1 Å². The molecule has 0 aliphatic heterocycles. The Morgan fingerprint density at radius 3 is 2.54 bits per heavy atom. The summed E-state index contributed by atoms with van der Waals surface area (Å²) >= 11 is 0. The number of esters is 1. The zero-order valence-electron chi connectivity index (χ0n) is 13.7. The van der Waals surface area contributed by atoms with Gasteiger partial charge in [0.2, 0.25) is 5.91 Å². The van der Waals surface area contributed by atoms with Gasteiger partial charge in [-0.2, -0.15) is 0 Å². The number of carbonyl (C=O) groups excluding carboxylic acids is 2. The molecule has 24 heavy (non-hydrogen) atoms. The normalized spacial score (nSPS) is 21.2. The lowest BCUT2D eigenvalue weighted by molar-refractivity contribution is -0.157. The Hall–Kier alpha value is -2.24. The van der Waals surface area contributed by atoms with E-state index in [-0.39, 0.29) is 11.8 Å². The Balaban J connectivity index is 2.10. The fourth-order valence-corrected chi connectivity index (χ4v) is 2.55. The molecule has 0 bridgehead atoms. The monoisotopic (exact) mass is 337 g/mol. The minimum atomic E-state index is -0.853. The van der Waals surface area contributed by atoms with Gasteiger partial charge in [0.05, 0.1) is 23.6 Å². The first-order valence-corrected chi connectivity index (χ1v) is 8.03. The van der Waals surface area contributed by atoms with E-state index < -0.39 is 35.3 Å². The minimum absolute atomic E-state index is 0.106. The van der Waals surface area contributed by atoms with E-state index in [9.17, 15) is 18.4 Å². The van der Waals surface area contributed by atoms with Crippen molar-refractivity contribution in [3.05, 3.63) is 42.0 Å². The fourth-order valence-electron chi connectivity index (χ4n) is 2.55. The zero-order valence-corrected chi connectivity index (χ0v) is 13.7. The zero-order chi connectivity index (χ0) is 17.7. The Labute approximate surface area is 139 Å². The van der Waals surface area contributed by atoms with E-state index in [0.29, 0.717) is 25.3 Å². The second kappa shape index (κ2) is 8.04. The maximum absolute atomic E-state index is 13.7. The van der Waals surface area contributed by atoms with Crippen LogP contribution in [0.15, 0.2) is 30.4 Å². The molecule has 0 aromatic heterocycles. The Kier molecular flexibility index (Phi) is 6.06. The fraction of sp³-hybridized carbons (Fsp3) is 0.444. The second-order valence-electron chi connectivity index (χ2n) is 5.92. The molecule has 1 aromatic rings. The number of carbonyl (C=O) groups is 2. The second-order valence-corrected chi connectivity index (χ2v) is 5.92. The van der Waals surface area contributed by atoms with Gasteiger partial charge in [-0.25, -0.2) is 8.78 Å². The van der Waals surface area contributed by atoms with Crippen LogP contribution >= 0.6 is 0 Å². The van der Waals surface area contributed by atoms with E-state index in [1.807, 2.05) is 19.1 Å². The van der Waals surface area contributed by atoms with E-state index in [1.165, 1.54) is 0 Å². The van der Waals surface area contributed by atoms with Crippen molar-refractivity contribution in [1.82, 2.24) is 0 Å². The molecule has 1 aliphatic rings. The van der Waals surface area contributed by atoms with Gasteiger partial charge in [-0.3, -0.25) is 9.59 Å². The van der Waals surface area contributed by atoms with Crippen LogP contribution in [0.3, 0.4) is 0 Å². The molecule has 0 spiro atoms. The number of allylic oxidation sites excluding steroid dienone is 2. The van der Waals surface area contributed by atoms with Crippen LogP contribution in [0.2, 0.25) is 0 Å². The summed E-state index contributed by atoms with van der Waals surface area (Å²) in [6.45, 7) is 3.69. The van der Waals surface area contributed by atoms with Crippen LogP contribution in [0.25, 0.3) is 0 Å². The Bertz CT molecular complexity index is 645. The summed E-state index contributed by atoms with van der Waals surface area (Å²) in [6.07, 6.45) is 4.89. The van der Waals surface area contributed by atoms with E-state index in [1.54, 1.807) is 6.92 Å². The van der Waals surface area contributed by atoms with Crippen molar-refractivity contribution in [3.8, 4) is 0 Å². The minimum Gasteiger partial charge on any atom is -0.462 e. The van der Waals surface area contributed by atoms with Gasteiger partial charge in [0.25, 0.3) is 0 Å². The standard InChI is InChI=1S/C18H21F2NO3/c1-3-11(2)24-18(23)14-7-5-4-6-13(14)17(22)21-16-9-8-12(19)10-15(16)20/h4-5,8-11,13-14H,3,6-7H2,1-2H3,(H,21,22)/t11-,13-,14-/m0/s1. The van der Waals surface area contributed by atoms with Gasteiger partial charge in [0.1, 0.15) is 11.6 Å². The Morgan fingerprint density at radius 2 is 1.92 bits per heavy atom. The first-order chi connectivity index (χ1) is 11.4. The highest BCUT2D eigenvalue weighted by molar-refractivity contribution is 5.95. The molecule has 2 rings (SSSR count). The highest BCUT2D eigenvalue weighted by atomic mass is 19.1. The maximum Gasteiger partial charge on any atom is 0.310 e. The molecule has 3 atom stereocenters. The predicted molar refractivity (Wildman–Crippen MR) is 86.2 cm³/mol. The first kappa shape index (κ1) is 18.1. The summed E-state index contributed by atoms with van der Waals surface area (Å²) in [5.74, 6) is -3.72. The number of benzene rings is 1. The molecular formula is C18H21F2NO3. The third kappa shape index (κ3) is 4.40. The van der Waals surface area contributed by atoms with Gasteiger partial charge in [-0.15, -0.1) is 0 Å². The molecule has 0 radical (unpaired) electrons. The highest BCUT2D eigenvalue weighted by Crippen LogP contribution is 2.29. The van der Waals surface area contributed by atoms with Crippen LogP contribution < -0.4 is 5.32 Å². The molecule has 1 N–H and O–H groups in total. The number of hydrogen-bond acceptors (Lipinski definition) is 3. The summed E-state index contributed by atoms with van der Waals surface area (Å²) in [6, 6.07) is 2.92. The first-order valence-electron chi connectivity index (χ1n) is 8.03. The maximum atomic E-state index is 13.7. The summed E-state index contributed by atoms with van der Waals surface area (Å²) in [4.78, 5) is 24.7. The molecule has 0 saturated heterocycles. The molecule has 6 heteroatoms. The molecule has 130 valence electrons. The van der Waals surface area contributed by atoms with Crippen LogP contribution in [0.4, 0.5) is 14.5 Å². The van der Waals surface area contributed by atoms with Crippen molar-refractivity contribution in [2.75, 3.05) is 5.32 Å². The van der Waals surface area contributed by atoms with Gasteiger partial charge in [-0.05, 0) is 38.3 Å². The number of halogens is 2. The average Bonchev–Trinajstić information content (AvgIpc) is 2.57.